The van der Waals surface area contributed by atoms with Crippen molar-refractivity contribution in [3.05, 3.63) is 66.2 Å². The van der Waals surface area contributed by atoms with Gasteiger partial charge in [0.1, 0.15) is 0 Å². The number of alkyl halides is 2. The van der Waals surface area contributed by atoms with Crippen molar-refractivity contribution in [1.82, 2.24) is 0 Å². The molecule has 0 aliphatic rings. The van der Waals surface area contributed by atoms with Crippen LogP contribution >= 0.6 is 11.8 Å². The largest absolute Gasteiger partial charge is 0.371 e. The fourth-order valence-corrected chi connectivity index (χ4v) is 2.57. The van der Waals surface area contributed by atoms with Crippen LogP contribution in [0, 0.1) is 0 Å². The standard InChI is InChI=1S/C16H15F2NOS/c1-19(14-10-6-3-7-11-14)15(20)16(17,18)21-12-13-8-4-2-5-9-13/h2-11H,12H2,1H3. The molecule has 0 saturated carbocycles. The van der Waals surface area contributed by atoms with Crippen LogP contribution in [-0.4, -0.2) is 18.2 Å². The van der Waals surface area contributed by atoms with Gasteiger partial charge >= 0.3 is 11.2 Å². The average molecular weight is 307 g/mol. The first kappa shape index (κ1) is 15.5. The topological polar surface area (TPSA) is 20.3 Å². The molecule has 5 heteroatoms. The van der Waals surface area contributed by atoms with Gasteiger partial charge in [0, 0.05) is 18.5 Å². The minimum absolute atomic E-state index is 0.0855. The predicted octanol–water partition coefficient (Wildman–Crippen LogP) is 4.18. The third kappa shape index (κ3) is 4.04. The van der Waals surface area contributed by atoms with Gasteiger partial charge in [-0.2, -0.15) is 8.78 Å². The van der Waals surface area contributed by atoms with E-state index in [9.17, 15) is 13.6 Å². The van der Waals surface area contributed by atoms with E-state index in [1.54, 1.807) is 54.6 Å². The van der Waals surface area contributed by atoms with Gasteiger partial charge in [0.25, 0.3) is 0 Å². The number of thioether (sulfide) groups is 1. The van der Waals surface area contributed by atoms with E-state index in [0.29, 0.717) is 17.4 Å². The molecule has 110 valence electrons. The van der Waals surface area contributed by atoms with E-state index in [4.69, 9.17) is 0 Å². The van der Waals surface area contributed by atoms with Gasteiger partial charge in [0.05, 0.1) is 0 Å². The molecule has 2 nitrogen and oxygen atoms in total. The van der Waals surface area contributed by atoms with Gasteiger partial charge < -0.3 is 4.90 Å². The van der Waals surface area contributed by atoms with Crippen LogP contribution in [0.4, 0.5) is 14.5 Å². The summed E-state index contributed by atoms with van der Waals surface area (Å²) >= 11 is 0.338. The lowest BCUT2D eigenvalue weighted by Gasteiger charge is -2.23. The molecule has 0 N–H and O–H groups in total. The maximum absolute atomic E-state index is 14.0. The molecule has 1 amide bonds. The van der Waals surface area contributed by atoms with Crippen molar-refractivity contribution in [2.45, 2.75) is 11.0 Å². The zero-order valence-corrected chi connectivity index (χ0v) is 12.3. The van der Waals surface area contributed by atoms with Gasteiger partial charge in [-0.1, -0.05) is 60.3 Å². The number of benzene rings is 2. The van der Waals surface area contributed by atoms with Crippen molar-refractivity contribution in [2.75, 3.05) is 11.9 Å². The second-order valence-electron chi connectivity index (χ2n) is 4.49. The fourth-order valence-electron chi connectivity index (χ4n) is 1.77. The molecule has 0 radical (unpaired) electrons. The molecule has 2 aromatic rings. The summed E-state index contributed by atoms with van der Waals surface area (Å²) < 4.78 is 28.0. The lowest BCUT2D eigenvalue weighted by atomic mass is 10.2. The minimum atomic E-state index is -3.46. The van der Waals surface area contributed by atoms with Crippen molar-refractivity contribution in [2.24, 2.45) is 0 Å². The molecule has 0 fully saturated rings. The first-order valence-electron chi connectivity index (χ1n) is 6.39. The third-order valence-corrected chi connectivity index (χ3v) is 3.97. The Morgan fingerprint density at radius 2 is 1.57 bits per heavy atom. The molecule has 0 aliphatic carbocycles. The van der Waals surface area contributed by atoms with Crippen LogP contribution in [-0.2, 0) is 10.5 Å². The molecule has 0 aromatic heterocycles. The number of carbonyl (C=O) groups is 1. The Morgan fingerprint density at radius 1 is 1.05 bits per heavy atom. The maximum Gasteiger partial charge on any atom is 0.371 e. The average Bonchev–Trinajstić information content (AvgIpc) is 2.53. The highest BCUT2D eigenvalue weighted by molar-refractivity contribution is 8.00. The van der Waals surface area contributed by atoms with Gasteiger partial charge in [-0.3, -0.25) is 4.79 Å². The number of carbonyl (C=O) groups excluding carboxylic acids is 1. The highest BCUT2D eigenvalue weighted by Crippen LogP contribution is 2.34. The number of hydrogen-bond donors (Lipinski definition) is 0. The number of anilines is 1. The van der Waals surface area contributed by atoms with Crippen molar-refractivity contribution < 1.29 is 13.6 Å². The second kappa shape index (κ2) is 6.72. The highest BCUT2D eigenvalue weighted by Gasteiger charge is 2.42. The Hall–Kier alpha value is -1.88. The Kier molecular flexibility index (Phi) is 4.96. The lowest BCUT2D eigenvalue weighted by Crippen LogP contribution is -2.39. The first-order valence-corrected chi connectivity index (χ1v) is 7.38. The Balaban J connectivity index is 2.03. The number of hydrogen-bond acceptors (Lipinski definition) is 2. The Morgan fingerprint density at radius 3 is 2.14 bits per heavy atom. The molecule has 2 rings (SSSR count). The Bertz CT molecular complexity index is 590. The van der Waals surface area contributed by atoms with E-state index in [2.05, 4.69) is 0 Å². The van der Waals surface area contributed by atoms with Gasteiger partial charge in [-0.25, -0.2) is 0 Å². The quantitative estimate of drug-likeness (QED) is 0.826. The summed E-state index contributed by atoms with van der Waals surface area (Å²) in [6.07, 6.45) is 0. The molecular weight excluding hydrogens is 292 g/mol. The van der Waals surface area contributed by atoms with Gasteiger partial charge in [-0.05, 0) is 17.7 Å². The molecule has 0 spiro atoms. The molecule has 0 bridgehead atoms. The summed E-state index contributed by atoms with van der Waals surface area (Å²) in [7, 11) is 1.36. The van der Waals surface area contributed by atoms with Gasteiger partial charge in [0.2, 0.25) is 0 Å². The Labute approximate surface area is 126 Å². The molecule has 0 aliphatic heterocycles. The molecule has 0 saturated heterocycles. The van der Waals surface area contributed by atoms with Crippen LogP contribution in [0.15, 0.2) is 60.7 Å². The SMILES string of the molecule is CN(C(=O)C(F)(F)SCc1ccccc1)c1ccccc1. The van der Waals surface area contributed by atoms with Crippen LogP contribution < -0.4 is 4.90 Å². The number of rotatable bonds is 5. The van der Waals surface area contributed by atoms with Crippen molar-refractivity contribution >= 4 is 23.4 Å². The van der Waals surface area contributed by atoms with Crippen LogP contribution in [0.1, 0.15) is 5.56 Å². The summed E-state index contributed by atoms with van der Waals surface area (Å²) in [5.74, 6) is -1.13. The number of nitrogens with zero attached hydrogens (tertiary/aromatic N) is 1. The van der Waals surface area contributed by atoms with Crippen LogP contribution in [0.25, 0.3) is 0 Å². The summed E-state index contributed by atoms with van der Waals surface area (Å²) in [6.45, 7) is 0. The van der Waals surface area contributed by atoms with Crippen molar-refractivity contribution in [3.8, 4) is 0 Å². The molecule has 0 unspecified atom stereocenters. The molecule has 0 heterocycles. The van der Waals surface area contributed by atoms with E-state index >= 15 is 0 Å². The molecule has 21 heavy (non-hydrogen) atoms. The number of halogens is 2. The third-order valence-electron chi connectivity index (χ3n) is 2.96. The number of amides is 1. The predicted molar refractivity (Wildman–Crippen MR) is 82.5 cm³/mol. The van der Waals surface area contributed by atoms with E-state index in [-0.39, 0.29) is 5.75 Å². The molecule has 0 atom stereocenters. The van der Waals surface area contributed by atoms with Crippen LogP contribution in [0.2, 0.25) is 0 Å². The van der Waals surface area contributed by atoms with E-state index in [0.717, 1.165) is 10.5 Å². The highest BCUT2D eigenvalue weighted by atomic mass is 32.2. The maximum atomic E-state index is 14.0. The lowest BCUT2D eigenvalue weighted by molar-refractivity contribution is -0.131. The first-order chi connectivity index (χ1) is 10.0. The summed E-state index contributed by atoms with van der Waals surface area (Å²) in [5.41, 5.74) is 1.21. The normalized spacial score (nSPS) is 11.2. The summed E-state index contributed by atoms with van der Waals surface area (Å²) in [4.78, 5) is 12.9. The fraction of sp³-hybridized carbons (Fsp3) is 0.188. The summed E-state index contributed by atoms with van der Waals surface area (Å²) in [6, 6.07) is 17.3. The molecular formula is C16H15F2NOS. The minimum Gasteiger partial charge on any atom is -0.309 e. The monoisotopic (exact) mass is 307 g/mol. The van der Waals surface area contributed by atoms with Crippen LogP contribution in [0.5, 0.6) is 0 Å². The smallest absolute Gasteiger partial charge is 0.309 e. The zero-order chi connectivity index (χ0) is 15.3. The second-order valence-corrected chi connectivity index (χ2v) is 5.58. The van der Waals surface area contributed by atoms with Gasteiger partial charge in [0.15, 0.2) is 0 Å². The van der Waals surface area contributed by atoms with Crippen LogP contribution in [0.3, 0.4) is 0 Å². The van der Waals surface area contributed by atoms with E-state index in [1.807, 2.05) is 6.07 Å². The summed E-state index contributed by atoms with van der Waals surface area (Å²) in [5, 5.41) is -3.46. The van der Waals surface area contributed by atoms with E-state index in [1.165, 1.54) is 7.05 Å². The number of para-hydroxylation sites is 1. The van der Waals surface area contributed by atoms with Crippen molar-refractivity contribution in [1.29, 1.82) is 0 Å². The van der Waals surface area contributed by atoms with Crippen molar-refractivity contribution in [3.63, 3.8) is 0 Å². The molecule has 2 aromatic carbocycles. The van der Waals surface area contributed by atoms with E-state index < -0.39 is 11.2 Å². The van der Waals surface area contributed by atoms with Gasteiger partial charge in [-0.15, -0.1) is 0 Å². The zero-order valence-electron chi connectivity index (χ0n) is 11.5.